The average Bonchev–Trinajstić information content (AvgIpc) is 3.51. The Labute approximate surface area is 270 Å². The maximum absolute atomic E-state index is 12.9. The smallest absolute Gasteiger partial charge is 0.248 e. The first-order chi connectivity index (χ1) is 22.0. The van der Waals surface area contributed by atoms with Crippen LogP contribution in [0.1, 0.15) is 56.9 Å². The summed E-state index contributed by atoms with van der Waals surface area (Å²) in [6.45, 7) is 9.19. The normalized spacial score (nSPS) is 12.0. The fourth-order valence-electron chi connectivity index (χ4n) is 4.92. The molecule has 0 saturated carbocycles. The van der Waals surface area contributed by atoms with E-state index in [1.165, 1.54) is 0 Å². The summed E-state index contributed by atoms with van der Waals surface area (Å²) in [4.78, 5) is 17.8. The third-order valence-corrected chi connectivity index (χ3v) is 8.83. The Balaban J connectivity index is 1.31. The summed E-state index contributed by atoms with van der Waals surface area (Å²) in [6.07, 6.45) is 11.9. The minimum Gasteiger partial charge on any atom is -0.611 e. The lowest BCUT2D eigenvalue weighted by molar-refractivity contribution is -0.111. The molecule has 0 spiro atoms. The molecule has 8 heteroatoms. The van der Waals surface area contributed by atoms with Crippen LogP contribution in [0.15, 0.2) is 90.2 Å². The Kier molecular flexibility index (Phi) is 13.8. The van der Waals surface area contributed by atoms with E-state index in [2.05, 4.69) is 53.8 Å². The molecule has 45 heavy (non-hydrogen) atoms. The zero-order chi connectivity index (χ0) is 31.9. The van der Waals surface area contributed by atoms with Gasteiger partial charge in [-0.2, -0.15) is 0 Å². The number of carbonyl (C=O) groups excluding carboxylic acids is 1. The van der Waals surface area contributed by atoms with E-state index in [9.17, 15) is 9.35 Å². The quantitative estimate of drug-likeness (QED) is 0.0693. The highest BCUT2D eigenvalue weighted by molar-refractivity contribution is 7.91. The van der Waals surface area contributed by atoms with Crippen LogP contribution >= 0.6 is 0 Å². The molecular formula is C37H45N3O4S. The van der Waals surface area contributed by atoms with Crippen LogP contribution in [-0.2, 0) is 40.1 Å². The number of amides is 1. The van der Waals surface area contributed by atoms with Crippen LogP contribution in [0.3, 0.4) is 0 Å². The minimum absolute atomic E-state index is 0.222. The zero-order valence-corrected chi connectivity index (χ0v) is 27.5. The van der Waals surface area contributed by atoms with Crippen molar-refractivity contribution in [3.05, 3.63) is 102 Å². The van der Waals surface area contributed by atoms with E-state index in [4.69, 9.17) is 9.47 Å². The van der Waals surface area contributed by atoms with Gasteiger partial charge in [0.1, 0.15) is 18.1 Å². The third kappa shape index (κ3) is 10.6. The fraction of sp³-hybridized carbons (Fsp3) is 0.351. The van der Waals surface area contributed by atoms with Crippen LogP contribution in [0, 0.1) is 0 Å². The molecule has 7 nitrogen and oxygen atoms in total. The van der Waals surface area contributed by atoms with E-state index in [0.717, 1.165) is 77.4 Å². The van der Waals surface area contributed by atoms with Gasteiger partial charge in [-0.15, -0.1) is 0 Å². The number of ether oxygens (including phenoxy) is 2. The second-order valence-corrected chi connectivity index (χ2v) is 12.4. The summed E-state index contributed by atoms with van der Waals surface area (Å²) >= 11 is -1.14. The van der Waals surface area contributed by atoms with Gasteiger partial charge < -0.3 is 23.9 Å². The largest absolute Gasteiger partial charge is 0.611 e. The van der Waals surface area contributed by atoms with E-state index in [0.29, 0.717) is 31.1 Å². The molecule has 0 fully saturated rings. The number of imidazole rings is 1. The van der Waals surface area contributed by atoms with Crippen LogP contribution in [0.25, 0.3) is 17.2 Å². The number of nitrogens with one attached hydrogen (secondary N) is 1. The molecule has 0 unspecified atom stereocenters. The molecule has 4 rings (SSSR count). The lowest BCUT2D eigenvalue weighted by atomic mass is 9.97. The molecule has 1 aromatic heterocycles. The van der Waals surface area contributed by atoms with E-state index in [1.807, 2.05) is 55.0 Å². The molecule has 1 atom stereocenters. The van der Waals surface area contributed by atoms with E-state index >= 15 is 0 Å². The number of nitrogens with zero attached hydrogens (tertiary/aromatic N) is 2. The number of anilines is 1. The van der Waals surface area contributed by atoms with Gasteiger partial charge in [0.05, 0.1) is 12.9 Å². The van der Waals surface area contributed by atoms with Crippen molar-refractivity contribution in [3.63, 3.8) is 0 Å². The van der Waals surface area contributed by atoms with Gasteiger partial charge in [-0.25, -0.2) is 4.98 Å². The summed E-state index contributed by atoms with van der Waals surface area (Å²) in [5.74, 6) is 1.12. The van der Waals surface area contributed by atoms with Crippen molar-refractivity contribution in [1.82, 2.24) is 9.55 Å². The summed E-state index contributed by atoms with van der Waals surface area (Å²) < 4.78 is 26.3. The predicted octanol–water partition coefficient (Wildman–Crippen LogP) is 7.72. The van der Waals surface area contributed by atoms with Crippen molar-refractivity contribution in [2.75, 3.05) is 30.9 Å². The topological polar surface area (TPSA) is 88.4 Å². The van der Waals surface area contributed by atoms with E-state index < -0.39 is 11.2 Å². The summed E-state index contributed by atoms with van der Waals surface area (Å²) in [5, 5.41) is 2.92. The van der Waals surface area contributed by atoms with Crippen LogP contribution < -0.4 is 10.1 Å². The molecule has 0 aliphatic heterocycles. The fourth-order valence-corrected chi connectivity index (χ4v) is 5.99. The standard InChI is InChI=1S/C37H45N3O4S/c1-4-7-22-43-23-24-44-35-15-10-30(11-16-35)32-9-8-29(6-3)31(26-32)12-19-37(41)39-33-13-17-36(18-14-33)45(42)25-20-34-27-38-28-40(34)21-5-2/h8-19,26-28H,4-7,20-25H2,1-3H3,(H,39,41)/b19-12+/t45-/m0/s1. The molecule has 0 radical (unpaired) electrons. The second-order valence-electron chi connectivity index (χ2n) is 10.8. The predicted molar refractivity (Wildman–Crippen MR) is 184 cm³/mol. The van der Waals surface area contributed by atoms with Crippen molar-refractivity contribution in [2.45, 2.75) is 64.3 Å². The van der Waals surface area contributed by atoms with Gasteiger partial charge in [0, 0.05) is 43.2 Å². The molecule has 1 heterocycles. The minimum atomic E-state index is -1.14. The number of rotatable bonds is 18. The van der Waals surface area contributed by atoms with E-state index in [1.54, 1.807) is 18.2 Å². The number of hydrogen-bond acceptors (Lipinski definition) is 5. The highest BCUT2D eigenvalue weighted by Gasteiger charge is 2.13. The molecule has 238 valence electrons. The zero-order valence-electron chi connectivity index (χ0n) is 26.7. The van der Waals surface area contributed by atoms with Crippen LogP contribution in [0.5, 0.6) is 5.75 Å². The Hall–Kier alpha value is -3.85. The maximum atomic E-state index is 12.9. The van der Waals surface area contributed by atoms with Gasteiger partial charge in [-0.1, -0.05) is 51.5 Å². The van der Waals surface area contributed by atoms with Crippen molar-refractivity contribution >= 4 is 28.8 Å². The van der Waals surface area contributed by atoms with Crippen LogP contribution in [-0.4, -0.2) is 45.6 Å². The molecule has 0 bridgehead atoms. The first kappa shape index (κ1) is 34.0. The maximum Gasteiger partial charge on any atom is 0.248 e. The summed E-state index contributed by atoms with van der Waals surface area (Å²) in [6, 6.07) is 21.6. The van der Waals surface area contributed by atoms with Crippen molar-refractivity contribution < 1.29 is 18.8 Å². The molecule has 1 N–H and O–H groups in total. The van der Waals surface area contributed by atoms with Gasteiger partial charge in [-0.05, 0) is 101 Å². The van der Waals surface area contributed by atoms with Crippen molar-refractivity contribution in [1.29, 1.82) is 0 Å². The molecule has 0 saturated heterocycles. The highest BCUT2D eigenvalue weighted by atomic mass is 32.2. The van der Waals surface area contributed by atoms with Crippen molar-refractivity contribution in [2.24, 2.45) is 0 Å². The number of aromatic nitrogens is 2. The molecule has 0 aliphatic rings. The summed E-state index contributed by atoms with van der Waals surface area (Å²) in [5.41, 5.74) is 6.06. The molecular weight excluding hydrogens is 582 g/mol. The molecule has 0 aliphatic carbocycles. The Morgan fingerprint density at radius 1 is 0.956 bits per heavy atom. The number of hydrogen-bond donors (Lipinski definition) is 1. The van der Waals surface area contributed by atoms with Gasteiger partial charge in [0.2, 0.25) is 5.91 Å². The number of carbonyl (C=O) groups is 1. The Bertz CT molecular complexity index is 1500. The number of unbranched alkanes of at least 4 members (excludes halogenated alkanes) is 1. The first-order valence-electron chi connectivity index (χ1n) is 15.9. The highest BCUT2D eigenvalue weighted by Crippen LogP contribution is 2.26. The SMILES string of the molecule is CCCCOCCOc1ccc(-c2ccc(CC)c(/C=C/C(=O)Nc3ccc([S@@+]([O-])CCc4cncn4CCC)cc3)c2)cc1. The number of benzene rings is 3. The lowest BCUT2D eigenvalue weighted by Gasteiger charge is -2.12. The average molecular weight is 628 g/mol. The van der Waals surface area contributed by atoms with Gasteiger partial charge in [0.25, 0.3) is 0 Å². The first-order valence-corrected chi connectivity index (χ1v) is 17.2. The van der Waals surface area contributed by atoms with Crippen LogP contribution in [0.4, 0.5) is 5.69 Å². The lowest BCUT2D eigenvalue weighted by Crippen LogP contribution is -2.12. The second kappa shape index (κ2) is 18.2. The molecule has 4 aromatic rings. The monoisotopic (exact) mass is 627 g/mol. The van der Waals surface area contributed by atoms with Crippen molar-refractivity contribution in [3.8, 4) is 16.9 Å². The number of aryl methyl sites for hydroxylation is 3. The van der Waals surface area contributed by atoms with Gasteiger partial charge in [0.15, 0.2) is 4.90 Å². The van der Waals surface area contributed by atoms with E-state index in [-0.39, 0.29) is 5.91 Å². The Morgan fingerprint density at radius 3 is 2.47 bits per heavy atom. The molecule has 1 amide bonds. The summed E-state index contributed by atoms with van der Waals surface area (Å²) in [7, 11) is 0. The molecule has 3 aromatic carbocycles. The third-order valence-electron chi connectivity index (χ3n) is 7.46. The van der Waals surface area contributed by atoms with Gasteiger partial charge in [-0.3, -0.25) is 4.79 Å². The van der Waals surface area contributed by atoms with Gasteiger partial charge >= 0.3 is 0 Å². The Morgan fingerprint density at radius 2 is 1.73 bits per heavy atom. The van der Waals surface area contributed by atoms with Crippen LogP contribution in [0.2, 0.25) is 0 Å².